The Labute approximate surface area is 207 Å². The predicted octanol–water partition coefficient (Wildman–Crippen LogP) is 3.98. The van der Waals surface area contributed by atoms with E-state index in [-0.39, 0.29) is 11.5 Å². The summed E-state index contributed by atoms with van der Waals surface area (Å²) < 4.78 is 7.33. The van der Waals surface area contributed by atoms with Gasteiger partial charge in [0.25, 0.3) is 11.5 Å². The maximum Gasteiger partial charge on any atom is 0.267 e. The lowest BCUT2D eigenvalue weighted by Gasteiger charge is -2.14. The summed E-state index contributed by atoms with van der Waals surface area (Å²) in [6.45, 7) is 4.22. The van der Waals surface area contributed by atoms with Gasteiger partial charge >= 0.3 is 0 Å². The van der Waals surface area contributed by atoms with Crippen LogP contribution in [0.25, 0.3) is 11.7 Å². The highest BCUT2D eigenvalue weighted by Crippen LogP contribution is 2.33. The molecule has 3 aromatic rings. The molecule has 1 amide bonds. The number of carbonyl (C=O) groups is 1. The molecule has 0 bridgehead atoms. The molecule has 0 aliphatic carbocycles. The second-order valence-corrected chi connectivity index (χ2v) is 9.33. The monoisotopic (exact) mass is 494 g/mol. The number of ether oxygens (including phenoxy) is 1. The largest absolute Gasteiger partial charge is 0.382 e. The van der Waals surface area contributed by atoms with Crippen LogP contribution in [0, 0.1) is 0 Å². The summed E-state index contributed by atoms with van der Waals surface area (Å²) >= 11 is 6.64. The van der Waals surface area contributed by atoms with E-state index in [1.54, 1.807) is 29.3 Å². The first-order chi connectivity index (χ1) is 16.6. The van der Waals surface area contributed by atoms with Crippen molar-refractivity contribution >= 4 is 51.7 Å². The van der Waals surface area contributed by atoms with Crippen LogP contribution in [-0.4, -0.2) is 50.8 Å². The predicted molar refractivity (Wildman–Crippen MR) is 141 cm³/mol. The summed E-state index contributed by atoms with van der Waals surface area (Å²) in [5.74, 6) is 0.257. The molecule has 1 aliphatic heterocycles. The normalized spacial score (nSPS) is 15.0. The molecule has 3 heterocycles. The number of rotatable bonds is 10. The molecule has 0 unspecified atom stereocenters. The fraction of sp³-hybridized carbons (Fsp3) is 0.280. The van der Waals surface area contributed by atoms with E-state index < -0.39 is 0 Å². The third-order valence-corrected chi connectivity index (χ3v) is 6.72. The summed E-state index contributed by atoms with van der Waals surface area (Å²) in [5.41, 5.74) is 1.82. The Kier molecular flexibility index (Phi) is 8.10. The minimum absolute atomic E-state index is 0.195. The highest BCUT2D eigenvalue weighted by molar-refractivity contribution is 8.26. The number of aromatic nitrogens is 2. The minimum atomic E-state index is -0.241. The highest BCUT2D eigenvalue weighted by Gasteiger charge is 2.32. The van der Waals surface area contributed by atoms with Crippen molar-refractivity contribution in [3.8, 4) is 0 Å². The molecular weight excluding hydrogens is 468 g/mol. The number of benzene rings is 1. The van der Waals surface area contributed by atoms with E-state index in [9.17, 15) is 9.59 Å². The number of thioether (sulfide) groups is 1. The number of hydrogen-bond acceptors (Lipinski definition) is 7. The SMILES string of the molecule is CCOCCCN1C(=O)C(=Cc2c(NCCc3ccccc3)nc3ccccn3c2=O)SC1=S. The average Bonchev–Trinajstić information content (AvgIpc) is 3.12. The quantitative estimate of drug-likeness (QED) is 0.260. The van der Waals surface area contributed by atoms with E-state index in [1.165, 1.54) is 21.7 Å². The number of amides is 1. The molecule has 1 fully saturated rings. The van der Waals surface area contributed by atoms with E-state index in [2.05, 4.69) is 22.4 Å². The number of anilines is 1. The maximum atomic E-state index is 13.3. The first-order valence-electron chi connectivity index (χ1n) is 11.2. The van der Waals surface area contributed by atoms with Crippen molar-refractivity contribution < 1.29 is 9.53 Å². The molecule has 9 heteroatoms. The fourth-order valence-corrected chi connectivity index (χ4v) is 4.92. The topological polar surface area (TPSA) is 75.9 Å². The zero-order valence-corrected chi connectivity index (χ0v) is 20.5. The summed E-state index contributed by atoms with van der Waals surface area (Å²) in [6.07, 6.45) is 4.76. The van der Waals surface area contributed by atoms with Crippen LogP contribution in [0.1, 0.15) is 24.5 Å². The van der Waals surface area contributed by atoms with Gasteiger partial charge in [-0.3, -0.25) is 18.9 Å². The lowest BCUT2D eigenvalue weighted by Crippen LogP contribution is -2.29. The van der Waals surface area contributed by atoms with Crippen molar-refractivity contribution in [2.24, 2.45) is 0 Å². The van der Waals surface area contributed by atoms with Gasteiger partial charge in [-0.1, -0.05) is 60.4 Å². The van der Waals surface area contributed by atoms with Crippen LogP contribution in [0.2, 0.25) is 0 Å². The standard InChI is InChI=1S/C25H26N4O3S2/c1-2-32-16-8-15-29-24(31)20(34-25(29)33)17-19-22(26-13-12-18-9-4-3-5-10-18)27-21-11-6-7-14-28(21)23(19)30/h3-7,9-11,14,17,26H,2,8,12-13,15-16H2,1H3. The number of fused-ring (bicyclic) bond motifs is 1. The molecule has 4 rings (SSSR count). The van der Waals surface area contributed by atoms with Crippen LogP contribution in [0.4, 0.5) is 5.82 Å². The summed E-state index contributed by atoms with van der Waals surface area (Å²) in [7, 11) is 0. The molecule has 1 saturated heterocycles. The highest BCUT2D eigenvalue weighted by atomic mass is 32.2. The first-order valence-corrected chi connectivity index (χ1v) is 12.4. The summed E-state index contributed by atoms with van der Waals surface area (Å²) in [6, 6.07) is 15.5. The molecule has 0 radical (unpaired) electrons. The number of nitrogens with zero attached hydrogens (tertiary/aromatic N) is 3. The Hall–Kier alpha value is -3.01. The second kappa shape index (κ2) is 11.4. The number of pyridine rings is 1. The van der Waals surface area contributed by atoms with Crippen molar-refractivity contribution in [3.63, 3.8) is 0 Å². The van der Waals surface area contributed by atoms with Crippen LogP contribution < -0.4 is 10.9 Å². The van der Waals surface area contributed by atoms with Gasteiger partial charge in [0.15, 0.2) is 0 Å². The van der Waals surface area contributed by atoms with E-state index in [0.29, 0.717) is 59.0 Å². The van der Waals surface area contributed by atoms with Gasteiger partial charge in [-0.15, -0.1) is 0 Å². The van der Waals surface area contributed by atoms with Gasteiger partial charge in [-0.2, -0.15) is 0 Å². The Balaban J connectivity index is 1.61. The summed E-state index contributed by atoms with van der Waals surface area (Å²) in [4.78, 5) is 33.0. The zero-order valence-electron chi connectivity index (χ0n) is 18.9. The van der Waals surface area contributed by atoms with Crippen LogP contribution >= 0.6 is 24.0 Å². The first kappa shape index (κ1) is 24.1. The van der Waals surface area contributed by atoms with Crippen LogP contribution in [-0.2, 0) is 16.0 Å². The smallest absolute Gasteiger partial charge is 0.267 e. The number of hydrogen-bond donors (Lipinski definition) is 1. The van der Waals surface area contributed by atoms with Gasteiger partial charge in [-0.05, 0) is 43.5 Å². The summed E-state index contributed by atoms with van der Waals surface area (Å²) in [5, 5.41) is 3.30. The molecule has 176 valence electrons. The number of nitrogens with one attached hydrogen (secondary N) is 1. The average molecular weight is 495 g/mol. The molecule has 0 spiro atoms. The van der Waals surface area contributed by atoms with Gasteiger partial charge < -0.3 is 10.1 Å². The van der Waals surface area contributed by atoms with Gasteiger partial charge in [0.1, 0.15) is 15.8 Å². The van der Waals surface area contributed by atoms with Crippen molar-refractivity contribution in [1.29, 1.82) is 0 Å². The third-order valence-electron chi connectivity index (χ3n) is 5.34. The third kappa shape index (κ3) is 5.55. The second-order valence-electron chi connectivity index (χ2n) is 7.65. The van der Waals surface area contributed by atoms with Crippen molar-refractivity contribution in [2.75, 3.05) is 31.6 Å². The Morgan fingerprint density at radius 1 is 1.15 bits per heavy atom. The van der Waals surface area contributed by atoms with Gasteiger partial charge in [0.05, 0.1) is 10.5 Å². The lowest BCUT2D eigenvalue weighted by atomic mass is 10.1. The van der Waals surface area contributed by atoms with Crippen molar-refractivity contribution in [2.45, 2.75) is 19.8 Å². The van der Waals surface area contributed by atoms with Crippen LogP contribution in [0.5, 0.6) is 0 Å². The zero-order chi connectivity index (χ0) is 23.9. The van der Waals surface area contributed by atoms with E-state index in [4.69, 9.17) is 17.0 Å². The molecule has 2 aromatic heterocycles. The lowest BCUT2D eigenvalue weighted by molar-refractivity contribution is -0.122. The minimum Gasteiger partial charge on any atom is -0.382 e. The molecule has 0 atom stereocenters. The van der Waals surface area contributed by atoms with E-state index in [1.807, 2.05) is 31.2 Å². The van der Waals surface area contributed by atoms with Crippen molar-refractivity contribution in [3.05, 3.63) is 81.1 Å². The van der Waals surface area contributed by atoms with Crippen molar-refractivity contribution in [1.82, 2.24) is 14.3 Å². The van der Waals surface area contributed by atoms with E-state index in [0.717, 1.165) is 6.42 Å². The van der Waals surface area contributed by atoms with Crippen LogP contribution in [0.3, 0.4) is 0 Å². The Bertz CT molecular complexity index is 1270. The van der Waals surface area contributed by atoms with Gasteiger partial charge in [0, 0.05) is 32.5 Å². The Morgan fingerprint density at radius 3 is 2.74 bits per heavy atom. The fourth-order valence-electron chi connectivity index (χ4n) is 3.63. The van der Waals surface area contributed by atoms with E-state index >= 15 is 0 Å². The molecular formula is C25H26N4O3S2. The Morgan fingerprint density at radius 2 is 1.94 bits per heavy atom. The van der Waals surface area contributed by atoms with Gasteiger partial charge in [-0.25, -0.2) is 4.98 Å². The maximum absolute atomic E-state index is 13.3. The molecule has 34 heavy (non-hydrogen) atoms. The van der Waals surface area contributed by atoms with Gasteiger partial charge in [0.2, 0.25) is 0 Å². The number of thiocarbonyl (C=S) groups is 1. The van der Waals surface area contributed by atoms with Crippen LogP contribution in [0.15, 0.2) is 64.4 Å². The molecule has 1 aromatic carbocycles. The number of carbonyl (C=O) groups excluding carboxylic acids is 1. The molecule has 1 aliphatic rings. The molecule has 7 nitrogen and oxygen atoms in total. The molecule has 1 N–H and O–H groups in total. The molecule has 0 saturated carbocycles.